The van der Waals surface area contributed by atoms with Crippen molar-refractivity contribution in [3.63, 3.8) is 0 Å². The molecule has 0 unspecified atom stereocenters. The van der Waals surface area contributed by atoms with Crippen LogP contribution in [0, 0.1) is 5.82 Å². The van der Waals surface area contributed by atoms with E-state index in [-0.39, 0.29) is 22.7 Å². The van der Waals surface area contributed by atoms with Gasteiger partial charge in [0, 0.05) is 22.5 Å². The van der Waals surface area contributed by atoms with Crippen molar-refractivity contribution in [1.82, 2.24) is 5.32 Å². The highest BCUT2D eigenvalue weighted by atomic mass is 79.9. The number of anilines is 2. The Labute approximate surface area is 223 Å². The Morgan fingerprint density at radius 2 is 1.64 bits per heavy atom. The monoisotopic (exact) mass is 571 g/mol. The van der Waals surface area contributed by atoms with Gasteiger partial charge in [0.2, 0.25) is 0 Å². The van der Waals surface area contributed by atoms with Crippen LogP contribution in [-0.2, 0) is 0 Å². The lowest BCUT2D eigenvalue weighted by Crippen LogP contribution is -2.34. The standard InChI is InChI=1S/C27H27BrFN3O3S/c1-2-3-4-5-15-35-24-14-9-19(17-23(24)28)26(34)32-27(36)31-22-8-6-7-18(16-22)25(33)30-21-12-10-20(29)11-13-21/h6-14,16-17H,2-5,15H2,1H3,(H,30,33)(H2,31,32,34,36). The fourth-order valence-corrected chi connectivity index (χ4v) is 3.99. The third kappa shape index (κ3) is 8.42. The Morgan fingerprint density at radius 1 is 0.889 bits per heavy atom. The van der Waals surface area contributed by atoms with Crippen LogP contribution in [0.15, 0.2) is 71.2 Å². The van der Waals surface area contributed by atoms with Gasteiger partial charge in [0.15, 0.2) is 5.11 Å². The molecule has 3 aromatic carbocycles. The van der Waals surface area contributed by atoms with Gasteiger partial charge in [-0.15, -0.1) is 0 Å². The van der Waals surface area contributed by atoms with Crippen LogP contribution in [0.1, 0.15) is 53.3 Å². The highest BCUT2D eigenvalue weighted by molar-refractivity contribution is 9.10. The molecule has 0 bridgehead atoms. The molecule has 0 aliphatic carbocycles. The number of ether oxygens (including phenoxy) is 1. The van der Waals surface area contributed by atoms with Crippen molar-refractivity contribution in [2.24, 2.45) is 0 Å². The van der Waals surface area contributed by atoms with E-state index in [1.54, 1.807) is 42.5 Å². The van der Waals surface area contributed by atoms with E-state index in [0.29, 0.717) is 39.3 Å². The number of unbranched alkanes of at least 4 members (excludes halogenated alkanes) is 3. The first-order valence-corrected chi connectivity index (χ1v) is 12.8. The summed E-state index contributed by atoms with van der Waals surface area (Å²) in [5.74, 6) is -0.450. The fraction of sp³-hybridized carbons (Fsp3) is 0.222. The van der Waals surface area contributed by atoms with E-state index in [9.17, 15) is 14.0 Å². The zero-order chi connectivity index (χ0) is 25.9. The Hall–Kier alpha value is -3.30. The molecule has 0 spiro atoms. The van der Waals surface area contributed by atoms with E-state index < -0.39 is 0 Å². The van der Waals surface area contributed by atoms with Gasteiger partial charge >= 0.3 is 0 Å². The van der Waals surface area contributed by atoms with Crippen LogP contribution in [0.4, 0.5) is 15.8 Å². The molecule has 0 saturated carbocycles. The van der Waals surface area contributed by atoms with Crippen molar-refractivity contribution in [2.45, 2.75) is 32.6 Å². The molecule has 2 amide bonds. The molecular formula is C27H27BrFN3O3S. The first-order valence-electron chi connectivity index (χ1n) is 11.6. The van der Waals surface area contributed by atoms with Crippen LogP contribution < -0.4 is 20.7 Å². The molecule has 0 aromatic heterocycles. The number of nitrogens with one attached hydrogen (secondary N) is 3. The second kappa shape index (κ2) is 13.7. The molecule has 3 rings (SSSR count). The van der Waals surface area contributed by atoms with E-state index in [1.165, 1.54) is 37.1 Å². The topological polar surface area (TPSA) is 79.5 Å². The zero-order valence-electron chi connectivity index (χ0n) is 19.8. The zero-order valence-corrected chi connectivity index (χ0v) is 22.2. The van der Waals surface area contributed by atoms with Gasteiger partial charge in [-0.2, -0.15) is 0 Å². The minimum absolute atomic E-state index is 0.0865. The average molecular weight is 573 g/mol. The third-order valence-corrected chi connectivity index (χ3v) is 5.99. The van der Waals surface area contributed by atoms with Crippen LogP contribution in [0.25, 0.3) is 0 Å². The molecule has 9 heteroatoms. The van der Waals surface area contributed by atoms with Gasteiger partial charge in [-0.05, 0) is 95.2 Å². The highest BCUT2D eigenvalue weighted by Crippen LogP contribution is 2.26. The highest BCUT2D eigenvalue weighted by Gasteiger charge is 2.12. The average Bonchev–Trinajstić information content (AvgIpc) is 2.86. The van der Waals surface area contributed by atoms with E-state index in [2.05, 4.69) is 38.8 Å². The lowest BCUT2D eigenvalue weighted by Gasteiger charge is -2.12. The van der Waals surface area contributed by atoms with Crippen LogP contribution in [0.3, 0.4) is 0 Å². The first kappa shape index (κ1) is 27.3. The number of carbonyl (C=O) groups excluding carboxylic acids is 2. The molecule has 3 N–H and O–H groups in total. The molecule has 0 fully saturated rings. The number of benzene rings is 3. The van der Waals surface area contributed by atoms with E-state index in [4.69, 9.17) is 17.0 Å². The number of thiocarbonyl (C=S) groups is 1. The molecule has 0 radical (unpaired) electrons. The molecule has 0 heterocycles. The minimum atomic E-state index is -0.385. The number of amides is 2. The minimum Gasteiger partial charge on any atom is -0.492 e. The van der Waals surface area contributed by atoms with Crippen molar-refractivity contribution >= 4 is 56.4 Å². The van der Waals surface area contributed by atoms with Gasteiger partial charge in [-0.25, -0.2) is 4.39 Å². The predicted octanol–water partition coefficient (Wildman–Crippen LogP) is 6.93. The number of hydrogen-bond acceptors (Lipinski definition) is 4. The van der Waals surface area contributed by atoms with Gasteiger partial charge in [0.25, 0.3) is 11.8 Å². The molecular weight excluding hydrogens is 545 g/mol. The lowest BCUT2D eigenvalue weighted by atomic mass is 10.2. The van der Waals surface area contributed by atoms with Crippen LogP contribution in [0.2, 0.25) is 0 Å². The summed E-state index contributed by atoms with van der Waals surface area (Å²) in [5.41, 5.74) is 1.78. The Balaban J connectivity index is 1.54. The second-order valence-electron chi connectivity index (χ2n) is 8.00. The predicted molar refractivity (Wildman–Crippen MR) is 148 cm³/mol. The Bertz CT molecular complexity index is 1220. The molecule has 3 aromatic rings. The molecule has 0 aliphatic heterocycles. The summed E-state index contributed by atoms with van der Waals surface area (Å²) in [6.07, 6.45) is 4.46. The maximum absolute atomic E-state index is 13.1. The third-order valence-electron chi connectivity index (χ3n) is 5.16. The molecule has 188 valence electrons. The normalized spacial score (nSPS) is 10.4. The summed E-state index contributed by atoms with van der Waals surface area (Å²) in [6, 6.07) is 17.2. The quantitative estimate of drug-likeness (QED) is 0.182. The van der Waals surface area contributed by atoms with Gasteiger partial charge in [0.05, 0.1) is 11.1 Å². The van der Waals surface area contributed by atoms with E-state index >= 15 is 0 Å². The SMILES string of the molecule is CCCCCCOc1ccc(C(=O)NC(=S)Nc2cccc(C(=O)Nc3ccc(F)cc3)c2)cc1Br. The van der Waals surface area contributed by atoms with Crippen molar-refractivity contribution in [3.8, 4) is 5.75 Å². The Morgan fingerprint density at radius 3 is 2.36 bits per heavy atom. The van der Waals surface area contributed by atoms with Gasteiger partial charge in [0.1, 0.15) is 11.6 Å². The molecule has 6 nitrogen and oxygen atoms in total. The molecule has 0 aliphatic rings. The molecule has 36 heavy (non-hydrogen) atoms. The van der Waals surface area contributed by atoms with Gasteiger partial charge in [-0.3, -0.25) is 14.9 Å². The maximum Gasteiger partial charge on any atom is 0.257 e. The summed E-state index contributed by atoms with van der Waals surface area (Å²) in [5, 5.41) is 8.34. The smallest absolute Gasteiger partial charge is 0.257 e. The van der Waals surface area contributed by atoms with Gasteiger partial charge < -0.3 is 15.4 Å². The van der Waals surface area contributed by atoms with E-state index in [1.807, 2.05) is 0 Å². The molecule has 0 saturated heterocycles. The van der Waals surface area contributed by atoms with Crippen LogP contribution in [-0.4, -0.2) is 23.5 Å². The number of carbonyl (C=O) groups is 2. The first-order chi connectivity index (χ1) is 17.4. The second-order valence-corrected chi connectivity index (χ2v) is 9.27. The number of hydrogen-bond donors (Lipinski definition) is 3. The summed E-state index contributed by atoms with van der Waals surface area (Å²) in [7, 11) is 0. The van der Waals surface area contributed by atoms with E-state index in [0.717, 1.165) is 12.8 Å². The number of rotatable bonds is 10. The number of halogens is 2. The van der Waals surface area contributed by atoms with Gasteiger partial charge in [-0.1, -0.05) is 32.3 Å². The summed E-state index contributed by atoms with van der Waals surface area (Å²) in [4.78, 5) is 25.2. The maximum atomic E-state index is 13.1. The summed E-state index contributed by atoms with van der Waals surface area (Å²) in [6.45, 7) is 2.79. The lowest BCUT2D eigenvalue weighted by molar-refractivity contribution is 0.0976. The van der Waals surface area contributed by atoms with Crippen molar-refractivity contribution < 1.29 is 18.7 Å². The Kier molecular flexibility index (Phi) is 10.4. The fourth-order valence-electron chi connectivity index (χ4n) is 3.28. The van der Waals surface area contributed by atoms with Crippen molar-refractivity contribution in [2.75, 3.05) is 17.2 Å². The summed E-state index contributed by atoms with van der Waals surface area (Å²) >= 11 is 8.73. The summed E-state index contributed by atoms with van der Waals surface area (Å²) < 4.78 is 19.5. The molecule has 0 atom stereocenters. The largest absolute Gasteiger partial charge is 0.492 e. The van der Waals surface area contributed by atoms with Crippen LogP contribution >= 0.6 is 28.1 Å². The van der Waals surface area contributed by atoms with Crippen molar-refractivity contribution in [1.29, 1.82) is 0 Å². The van der Waals surface area contributed by atoms with Crippen LogP contribution in [0.5, 0.6) is 5.75 Å². The van der Waals surface area contributed by atoms with Crippen molar-refractivity contribution in [3.05, 3.63) is 88.1 Å².